The molecule has 0 saturated heterocycles. The number of nitrogens with zero attached hydrogens (tertiary/aromatic N) is 1. The van der Waals surface area contributed by atoms with E-state index in [1.54, 1.807) is 17.6 Å². The van der Waals surface area contributed by atoms with Crippen LogP contribution in [-0.4, -0.2) is 4.98 Å². The first kappa shape index (κ1) is 6.61. The highest BCUT2D eigenvalue weighted by atomic mass is 32.1. The molecule has 0 bridgehead atoms. The van der Waals surface area contributed by atoms with Gasteiger partial charge in [0.2, 0.25) is 0 Å². The molecule has 2 nitrogen and oxygen atoms in total. The van der Waals surface area contributed by atoms with Gasteiger partial charge in [0.25, 0.3) is 0 Å². The lowest BCUT2D eigenvalue weighted by atomic mass is 10.4. The van der Waals surface area contributed by atoms with E-state index in [0.29, 0.717) is 0 Å². The van der Waals surface area contributed by atoms with E-state index in [4.69, 9.17) is 4.42 Å². The van der Waals surface area contributed by atoms with Crippen molar-refractivity contribution in [1.29, 1.82) is 0 Å². The number of furan rings is 1. The summed E-state index contributed by atoms with van der Waals surface area (Å²) in [6.07, 6.45) is 3.50. The Hall–Kier alpha value is -1.09. The van der Waals surface area contributed by atoms with Crippen LogP contribution < -0.4 is 0 Å². The van der Waals surface area contributed by atoms with E-state index >= 15 is 0 Å². The number of hydrogen-bond donors (Lipinski definition) is 0. The standard InChI is InChI=1S/C8H7NOS/c1-6-9-5-8(11-6)7-3-2-4-10-7/h2-5H,1H3. The minimum atomic E-state index is 0.899. The summed E-state index contributed by atoms with van der Waals surface area (Å²) in [5.41, 5.74) is 0. The lowest BCUT2D eigenvalue weighted by Crippen LogP contribution is -1.60. The lowest BCUT2D eigenvalue weighted by Gasteiger charge is -1.84. The number of aromatic nitrogens is 1. The molecule has 11 heavy (non-hydrogen) atoms. The van der Waals surface area contributed by atoms with Gasteiger partial charge in [-0.2, -0.15) is 0 Å². The van der Waals surface area contributed by atoms with Gasteiger partial charge in [0.15, 0.2) is 0 Å². The zero-order chi connectivity index (χ0) is 7.68. The average Bonchev–Trinajstić information content (AvgIpc) is 2.55. The summed E-state index contributed by atoms with van der Waals surface area (Å²) in [6.45, 7) is 1.98. The second kappa shape index (κ2) is 2.51. The molecule has 0 unspecified atom stereocenters. The maximum atomic E-state index is 5.20. The first-order valence-electron chi connectivity index (χ1n) is 3.32. The molecule has 2 rings (SSSR count). The number of hydrogen-bond acceptors (Lipinski definition) is 3. The fourth-order valence-corrected chi connectivity index (χ4v) is 1.64. The van der Waals surface area contributed by atoms with E-state index in [-0.39, 0.29) is 0 Å². The zero-order valence-corrected chi connectivity index (χ0v) is 6.89. The number of aryl methyl sites for hydroxylation is 1. The molecule has 0 aliphatic heterocycles. The van der Waals surface area contributed by atoms with Crippen molar-refractivity contribution < 1.29 is 4.42 Å². The molecule has 0 fully saturated rings. The van der Waals surface area contributed by atoms with E-state index in [2.05, 4.69) is 4.98 Å². The van der Waals surface area contributed by atoms with Crippen LogP contribution in [0.2, 0.25) is 0 Å². The molecule has 0 radical (unpaired) electrons. The van der Waals surface area contributed by atoms with Crippen LogP contribution in [0.1, 0.15) is 5.01 Å². The van der Waals surface area contributed by atoms with Gasteiger partial charge in [-0.25, -0.2) is 4.98 Å². The fourth-order valence-electron chi connectivity index (χ4n) is 0.894. The predicted molar refractivity (Wildman–Crippen MR) is 44.6 cm³/mol. The first-order valence-corrected chi connectivity index (χ1v) is 4.14. The number of rotatable bonds is 1. The molecule has 0 aliphatic carbocycles. The highest BCUT2D eigenvalue weighted by Gasteiger charge is 2.02. The Kier molecular flexibility index (Phi) is 1.51. The van der Waals surface area contributed by atoms with Crippen LogP contribution in [-0.2, 0) is 0 Å². The third-order valence-corrected chi connectivity index (χ3v) is 2.31. The van der Waals surface area contributed by atoms with Gasteiger partial charge in [-0.15, -0.1) is 11.3 Å². The maximum absolute atomic E-state index is 5.20. The van der Waals surface area contributed by atoms with Crippen molar-refractivity contribution in [3.05, 3.63) is 29.6 Å². The normalized spacial score (nSPS) is 10.3. The molecule has 2 heterocycles. The largest absolute Gasteiger partial charge is 0.463 e. The molecule has 0 aliphatic rings. The summed E-state index contributed by atoms with van der Waals surface area (Å²) < 4.78 is 5.20. The Morgan fingerprint density at radius 1 is 1.55 bits per heavy atom. The Balaban J connectivity index is 2.45. The zero-order valence-electron chi connectivity index (χ0n) is 6.07. The molecule has 3 heteroatoms. The molecule has 2 aromatic rings. The van der Waals surface area contributed by atoms with Crippen molar-refractivity contribution >= 4 is 11.3 Å². The molecular formula is C8H7NOS. The van der Waals surface area contributed by atoms with Crippen LogP contribution in [0.25, 0.3) is 10.6 Å². The van der Waals surface area contributed by atoms with Gasteiger partial charge in [0, 0.05) is 6.20 Å². The third-order valence-electron chi connectivity index (χ3n) is 1.39. The molecule has 56 valence electrons. The average molecular weight is 165 g/mol. The van der Waals surface area contributed by atoms with E-state index in [0.717, 1.165) is 15.6 Å². The van der Waals surface area contributed by atoms with E-state index < -0.39 is 0 Å². The van der Waals surface area contributed by atoms with E-state index in [9.17, 15) is 0 Å². The summed E-state index contributed by atoms with van der Waals surface area (Å²) in [7, 11) is 0. The van der Waals surface area contributed by atoms with Crippen LogP contribution in [0.5, 0.6) is 0 Å². The molecule has 0 spiro atoms. The second-order valence-corrected chi connectivity index (χ2v) is 3.46. The van der Waals surface area contributed by atoms with Crippen molar-refractivity contribution in [1.82, 2.24) is 4.98 Å². The lowest BCUT2D eigenvalue weighted by molar-refractivity contribution is 0.583. The summed E-state index contributed by atoms with van der Waals surface area (Å²) in [5, 5.41) is 1.07. The smallest absolute Gasteiger partial charge is 0.145 e. The van der Waals surface area contributed by atoms with Gasteiger partial charge in [-0.3, -0.25) is 0 Å². The molecule has 2 aromatic heterocycles. The van der Waals surface area contributed by atoms with Crippen LogP contribution in [0, 0.1) is 6.92 Å². The fraction of sp³-hybridized carbons (Fsp3) is 0.125. The molecular weight excluding hydrogens is 158 g/mol. The van der Waals surface area contributed by atoms with Crippen molar-refractivity contribution in [3.63, 3.8) is 0 Å². The van der Waals surface area contributed by atoms with E-state index in [1.807, 2.05) is 25.3 Å². The molecule has 0 amide bonds. The minimum Gasteiger partial charge on any atom is -0.463 e. The van der Waals surface area contributed by atoms with Gasteiger partial charge < -0.3 is 4.42 Å². The monoisotopic (exact) mass is 165 g/mol. The third kappa shape index (κ3) is 1.19. The summed E-state index contributed by atoms with van der Waals surface area (Å²) in [6, 6.07) is 3.82. The Bertz CT molecular complexity index is 337. The highest BCUT2D eigenvalue weighted by Crippen LogP contribution is 2.25. The summed E-state index contributed by atoms with van der Waals surface area (Å²) in [4.78, 5) is 5.22. The minimum absolute atomic E-state index is 0.899. The quantitative estimate of drug-likeness (QED) is 0.649. The number of thiazole rings is 1. The van der Waals surface area contributed by atoms with Crippen molar-refractivity contribution in [3.8, 4) is 10.6 Å². The molecule has 0 N–H and O–H groups in total. The summed E-state index contributed by atoms with van der Waals surface area (Å²) >= 11 is 1.64. The predicted octanol–water partition coefficient (Wildman–Crippen LogP) is 2.71. The van der Waals surface area contributed by atoms with Crippen molar-refractivity contribution in [2.24, 2.45) is 0 Å². The highest BCUT2D eigenvalue weighted by molar-refractivity contribution is 7.14. The van der Waals surface area contributed by atoms with Crippen molar-refractivity contribution in [2.75, 3.05) is 0 Å². The van der Waals surface area contributed by atoms with Crippen LogP contribution in [0.3, 0.4) is 0 Å². The van der Waals surface area contributed by atoms with Gasteiger partial charge in [0.1, 0.15) is 5.76 Å². The SMILES string of the molecule is Cc1ncc(-c2ccco2)s1. The molecule has 0 aromatic carbocycles. The Morgan fingerprint density at radius 2 is 2.45 bits per heavy atom. The van der Waals surface area contributed by atoms with Gasteiger partial charge >= 0.3 is 0 Å². The van der Waals surface area contributed by atoms with E-state index in [1.165, 1.54) is 0 Å². The Labute approximate surface area is 68.5 Å². The van der Waals surface area contributed by atoms with Gasteiger partial charge in [-0.1, -0.05) is 0 Å². The molecule has 0 saturated carbocycles. The summed E-state index contributed by atoms with van der Waals surface area (Å²) in [5.74, 6) is 0.899. The maximum Gasteiger partial charge on any atom is 0.145 e. The second-order valence-electron chi connectivity index (χ2n) is 2.22. The molecule has 0 atom stereocenters. The van der Waals surface area contributed by atoms with Crippen LogP contribution >= 0.6 is 11.3 Å². The topological polar surface area (TPSA) is 26.0 Å². The van der Waals surface area contributed by atoms with Crippen LogP contribution in [0.15, 0.2) is 29.0 Å². The van der Waals surface area contributed by atoms with Crippen LogP contribution in [0.4, 0.5) is 0 Å². The van der Waals surface area contributed by atoms with Gasteiger partial charge in [0.05, 0.1) is 16.1 Å². The first-order chi connectivity index (χ1) is 5.36. The van der Waals surface area contributed by atoms with Crippen molar-refractivity contribution in [2.45, 2.75) is 6.92 Å². The van der Waals surface area contributed by atoms with Gasteiger partial charge in [-0.05, 0) is 19.1 Å². The Morgan fingerprint density at radius 3 is 3.00 bits per heavy atom.